The van der Waals surface area contributed by atoms with Crippen LogP contribution < -0.4 is 4.90 Å². The summed E-state index contributed by atoms with van der Waals surface area (Å²) in [5.74, 6) is 3.35. The molecule has 2 aromatic rings. The minimum atomic E-state index is 0.193. The van der Waals surface area contributed by atoms with E-state index in [9.17, 15) is 4.79 Å². The SMILES string of the molecule is Cc1nc2c(c(N3CCC(C)CC3)n1)CN(C(=O)CSc1ccccc1)CC2. The molecule has 0 unspecified atom stereocenters. The molecule has 0 spiro atoms. The number of amides is 1. The second kappa shape index (κ2) is 8.52. The van der Waals surface area contributed by atoms with Crippen molar-refractivity contribution in [3.05, 3.63) is 47.4 Å². The van der Waals surface area contributed by atoms with Gasteiger partial charge in [0.1, 0.15) is 11.6 Å². The fourth-order valence-electron chi connectivity index (χ4n) is 3.97. The second-order valence-corrected chi connectivity index (χ2v) is 8.91. The number of benzene rings is 1. The second-order valence-electron chi connectivity index (χ2n) is 7.86. The van der Waals surface area contributed by atoms with Gasteiger partial charge in [-0.25, -0.2) is 9.97 Å². The largest absolute Gasteiger partial charge is 0.356 e. The molecular weight excluding hydrogens is 368 g/mol. The Labute approximate surface area is 171 Å². The van der Waals surface area contributed by atoms with E-state index in [2.05, 4.69) is 24.0 Å². The molecule has 5 nitrogen and oxygen atoms in total. The molecule has 148 valence electrons. The van der Waals surface area contributed by atoms with Crippen molar-refractivity contribution in [1.82, 2.24) is 14.9 Å². The third-order valence-electron chi connectivity index (χ3n) is 5.69. The zero-order valence-electron chi connectivity index (χ0n) is 16.7. The lowest BCUT2D eigenvalue weighted by Gasteiger charge is -2.36. The maximum Gasteiger partial charge on any atom is 0.233 e. The number of hydrogen-bond acceptors (Lipinski definition) is 5. The number of thioether (sulfide) groups is 1. The predicted molar refractivity (Wildman–Crippen MR) is 114 cm³/mol. The summed E-state index contributed by atoms with van der Waals surface area (Å²) in [4.78, 5) is 27.8. The number of carbonyl (C=O) groups excluding carboxylic acids is 1. The molecule has 1 aromatic heterocycles. The standard InChI is InChI=1S/C22H28N4OS/c1-16-8-11-25(12-9-16)22-19-14-26(13-10-20(19)23-17(2)24-22)21(27)15-28-18-6-4-3-5-7-18/h3-7,16H,8-15H2,1-2H3. The van der Waals surface area contributed by atoms with E-state index in [1.807, 2.05) is 30.0 Å². The molecule has 1 saturated heterocycles. The number of nitrogens with zero attached hydrogens (tertiary/aromatic N) is 4. The first-order valence-electron chi connectivity index (χ1n) is 10.2. The summed E-state index contributed by atoms with van der Waals surface area (Å²) < 4.78 is 0. The van der Waals surface area contributed by atoms with Gasteiger partial charge in [-0.3, -0.25) is 4.79 Å². The summed E-state index contributed by atoms with van der Waals surface area (Å²) in [6, 6.07) is 10.1. The van der Waals surface area contributed by atoms with E-state index in [1.165, 1.54) is 12.8 Å². The molecule has 3 heterocycles. The Balaban J connectivity index is 1.48. The zero-order chi connectivity index (χ0) is 19.5. The highest BCUT2D eigenvalue weighted by Crippen LogP contribution is 2.30. The Hall–Kier alpha value is -2.08. The minimum absolute atomic E-state index is 0.193. The number of anilines is 1. The lowest BCUT2D eigenvalue weighted by molar-refractivity contribution is -0.129. The maximum absolute atomic E-state index is 12.8. The Morgan fingerprint density at radius 3 is 2.64 bits per heavy atom. The normalized spacial score (nSPS) is 17.5. The van der Waals surface area contributed by atoms with Gasteiger partial charge in [-0.1, -0.05) is 25.1 Å². The van der Waals surface area contributed by atoms with Crippen LogP contribution in [0.4, 0.5) is 5.82 Å². The van der Waals surface area contributed by atoms with Crippen LogP contribution in [0.15, 0.2) is 35.2 Å². The van der Waals surface area contributed by atoms with Gasteiger partial charge in [0, 0.05) is 36.5 Å². The average Bonchev–Trinajstić information content (AvgIpc) is 2.72. The first kappa shape index (κ1) is 19.2. The molecule has 0 saturated carbocycles. The van der Waals surface area contributed by atoms with Crippen molar-refractivity contribution >= 4 is 23.5 Å². The van der Waals surface area contributed by atoms with E-state index in [0.29, 0.717) is 12.3 Å². The molecule has 2 aliphatic rings. The van der Waals surface area contributed by atoms with Crippen molar-refractivity contribution in [2.24, 2.45) is 5.92 Å². The first-order valence-corrected chi connectivity index (χ1v) is 11.2. The molecular formula is C22H28N4OS. The maximum atomic E-state index is 12.8. The zero-order valence-corrected chi connectivity index (χ0v) is 17.5. The summed E-state index contributed by atoms with van der Waals surface area (Å²) >= 11 is 1.61. The van der Waals surface area contributed by atoms with Crippen molar-refractivity contribution in [2.75, 3.05) is 30.3 Å². The third-order valence-corrected chi connectivity index (χ3v) is 6.69. The summed E-state index contributed by atoms with van der Waals surface area (Å²) in [5.41, 5.74) is 2.28. The van der Waals surface area contributed by atoms with E-state index in [4.69, 9.17) is 9.97 Å². The van der Waals surface area contributed by atoms with E-state index >= 15 is 0 Å². The van der Waals surface area contributed by atoms with Crippen molar-refractivity contribution in [3.8, 4) is 0 Å². The van der Waals surface area contributed by atoms with Crippen LogP contribution in [0.25, 0.3) is 0 Å². The molecule has 0 radical (unpaired) electrons. The molecule has 4 rings (SSSR count). The fraction of sp³-hybridized carbons (Fsp3) is 0.500. The van der Waals surface area contributed by atoms with Gasteiger partial charge in [0.15, 0.2) is 0 Å². The number of carbonyl (C=O) groups is 1. The smallest absolute Gasteiger partial charge is 0.233 e. The van der Waals surface area contributed by atoms with Crippen LogP contribution in [0, 0.1) is 12.8 Å². The molecule has 0 bridgehead atoms. The van der Waals surface area contributed by atoms with Crippen LogP contribution in [0.1, 0.15) is 36.8 Å². The van der Waals surface area contributed by atoms with Gasteiger partial charge in [-0.2, -0.15) is 0 Å². The Kier molecular flexibility index (Phi) is 5.85. The average molecular weight is 397 g/mol. The first-order chi connectivity index (χ1) is 13.6. The quantitative estimate of drug-likeness (QED) is 0.738. The Morgan fingerprint density at radius 1 is 1.14 bits per heavy atom. The number of piperidine rings is 1. The minimum Gasteiger partial charge on any atom is -0.356 e. The van der Waals surface area contributed by atoms with Gasteiger partial charge < -0.3 is 9.80 Å². The lowest BCUT2D eigenvalue weighted by Crippen LogP contribution is -2.40. The molecule has 2 aliphatic heterocycles. The van der Waals surface area contributed by atoms with Crippen LogP contribution in [0.2, 0.25) is 0 Å². The highest BCUT2D eigenvalue weighted by atomic mass is 32.2. The van der Waals surface area contributed by atoms with Crippen molar-refractivity contribution in [3.63, 3.8) is 0 Å². The molecule has 1 aromatic carbocycles. The topological polar surface area (TPSA) is 49.3 Å². The number of fused-ring (bicyclic) bond motifs is 1. The van der Waals surface area contributed by atoms with Gasteiger partial charge in [0.25, 0.3) is 0 Å². The molecule has 0 atom stereocenters. The van der Waals surface area contributed by atoms with E-state index in [1.54, 1.807) is 11.8 Å². The van der Waals surface area contributed by atoms with Crippen LogP contribution in [-0.2, 0) is 17.8 Å². The monoisotopic (exact) mass is 396 g/mol. The molecule has 6 heteroatoms. The fourth-order valence-corrected chi connectivity index (χ4v) is 4.79. The number of hydrogen-bond donors (Lipinski definition) is 0. The van der Waals surface area contributed by atoms with Crippen molar-refractivity contribution < 1.29 is 4.79 Å². The van der Waals surface area contributed by atoms with Crippen LogP contribution in [-0.4, -0.2) is 46.2 Å². The van der Waals surface area contributed by atoms with Gasteiger partial charge >= 0.3 is 0 Å². The number of aromatic nitrogens is 2. The van der Waals surface area contributed by atoms with Crippen LogP contribution in [0.3, 0.4) is 0 Å². The number of aryl methyl sites for hydroxylation is 1. The summed E-state index contributed by atoms with van der Waals surface area (Å²) in [7, 11) is 0. The van der Waals surface area contributed by atoms with Crippen molar-refractivity contribution in [2.45, 2.75) is 44.6 Å². The van der Waals surface area contributed by atoms with Gasteiger partial charge in [0.2, 0.25) is 5.91 Å². The van der Waals surface area contributed by atoms with E-state index in [0.717, 1.165) is 59.8 Å². The molecule has 0 aliphatic carbocycles. The van der Waals surface area contributed by atoms with Crippen LogP contribution >= 0.6 is 11.8 Å². The summed E-state index contributed by atoms with van der Waals surface area (Å²) in [6.45, 7) is 7.76. The highest BCUT2D eigenvalue weighted by molar-refractivity contribution is 8.00. The molecule has 28 heavy (non-hydrogen) atoms. The van der Waals surface area contributed by atoms with Gasteiger partial charge in [-0.05, 0) is 37.8 Å². The Morgan fingerprint density at radius 2 is 1.89 bits per heavy atom. The lowest BCUT2D eigenvalue weighted by atomic mass is 9.98. The molecule has 0 N–H and O–H groups in total. The van der Waals surface area contributed by atoms with Crippen molar-refractivity contribution in [1.29, 1.82) is 0 Å². The molecule has 1 fully saturated rings. The van der Waals surface area contributed by atoms with Gasteiger partial charge in [-0.15, -0.1) is 11.8 Å². The molecule has 1 amide bonds. The van der Waals surface area contributed by atoms with Gasteiger partial charge in [0.05, 0.1) is 18.0 Å². The van der Waals surface area contributed by atoms with Crippen LogP contribution in [0.5, 0.6) is 0 Å². The highest BCUT2D eigenvalue weighted by Gasteiger charge is 2.28. The van der Waals surface area contributed by atoms with E-state index in [-0.39, 0.29) is 5.91 Å². The Bertz CT molecular complexity index is 834. The third kappa shape index (κ3) is 4.32. The summed E-state index contributed by atoms with van der Waals surface area (Å²) in [6.07, 6.45) is 3.22. The predicted octanol–water partition coefficient (Wildman–Crippen LogP) is 3.70. The van der Waals surface area contributed by atoms with E-state index < -0.39 is 0 Å². The summed E-state index contributed by atoms with van der Waals surface area (Å²) in [5, 5.41) is 0. The number of rotatable bonds is 4.